The number of hydrogen-bond donors (Lipinski definition) is 5. The molecule has 1 aliphatic carbocycles. The van der Waals surface area contributed by atoms with E-state index >= 15 is 0 Å². The van der Waals surface area contributed by atoms with Crippen molar-refractivity contribution in [2.75, 3.05) is 13.1 Å². The van der Waals surface area contributed by atoms with Gasteiger partial charge < -0.3 is 31.9 Å². The second-order valence-electron chi connectivity index (χ2n) is 19.1. The van der Waals surface area contributed by atoms with Crippen molar-refractivity contribution in [2.45, 2.75) is 132 Å². The highest BCUT2D eigenvalue weighted by Crippen LogP contribution is 2.39. The molecule has 1 saturated carbocycles. The number of nitrogens with one attached hydrogen (secondary N) is 3. The van der Waals surface area contributed by atoms with E-state index in [1.807, 2.05) is 78.9 Å². The molecule has 360 valence electrons. The standard InChI is InChI=1S/C51H63N9O8/c1-57-42-29-35(20-22-39(42)60(51(57)68)41-24-25-44(62)55-49(41)66)32-18-15-31(16-19-32)17-26-45(63)58-28-27-36-21-23-40(59(36)50(67)37(52)30-58)48(65)54-38(13-8-14-43(53)61)47(64)56-46(33-9-4-2-5-10-33)34-11-6-3-7-12-34/h2-7,9-12,20,22,29,31-32,36-38,40-41,46H,8,13-19,21,23-28,30,52H2,1H3,(H2,53,61)(H,54,65)(H,56,64)(H,55,62,66)/t31-,32-,36-,37+,38?,40+,41?/m1/s1. The lowest BCUT2D eigenvalue weighted by Gasteiger charge is -2.38. The summed E-state index contributed by atoms with van der Waals surface area (Å²) in [6, 6.07) is 20.5. The Hall–Kier alpha value is -6.62. The van der Waals surface area contributed by atoms with Gasteiger partial charge in [-0.2, -0.15) is 0 Å². The summed E-state index contributed by atoms with van der Waals surface area (Å²) in [5.74, 6) is -2.01. The van der Waals surface area contributed by atoms with Crippen LogP contribution in [0.25, 0.3) is 11.0 Å². The van der Waals surface area contributed by atoms with Crippen LogP contribution in [0.5, 0.6) is 0 Å². The van der Waals surface area contributed by atoms with Crippen LogP contribution in [0.2, 0.25) is 0 Å². The van der Waals surface area contributed by atoms with E-state index in [0.29, 0.717) is 43.7 Å². The largest absolute Gasteiger partial charge is 0.370 e. The van der Waals surface area contributed by atoms with Crippen molar-refractivity contribution in [3.63, 3.8) is 0 Å². The Morgan fingerprint density at radius 3 is 2.15 bits per heavy atom. The average Bonchev–Trinajstić information content (AvgIpc) is 3.87. The number of nitrogens with zero attached hydrogens (tertiary/aromatic N) is 4. The number of nitrogens with two attached hydrogens (primary N) is 2. The van der Waals surface area contributed by atoms with Gasteiger partial charge in [-0.05, 0) is 111 Å². The third-order valence-electron chi connectivity index (χ3n) is 14.7. The van der Waals surface area contributed by atoms with Gasteiger partial charge in [-0.3, -0.25) is 48.0 Å². The van der Waals surface area contributed by atoms with Crippen LogP contribution < -0.4 is 33.1 Å². The molecular formula is C51H63N9O8. The molecule has 4 heterocycles. The number of piperidine rings is 1. The molecule has 7 N–H and O–H groups in total. The lowest BCUT2D eigenvalue weighted by molar-refractivity contribution is -0.145. The van der Waals surface area contributed by atoms with Crippen molar-refractivity contribution in [1.82, 2.24) is 34.9 Å². The number of carbonyl (C=O) groups excluding carboxylic acids is 7. The van der Waals surface area contributed by atoms with Crippen molar-refractivity contribution in [2.24, 2.45) is 24.4 Å². The van der Waals surface area contributed by atoms with E-state index in [1.165, 1.54) is 4.57 Å². The molecule has 0 spiro atoms. The van der Waals surface area contributed by atoms with Gasteiger partial charge in [0.05, 0.1) is 17.1 Å². The summed E-state index contributed by atoms with van der Waals surface area (Å²) in [4.78, 5) is 109. The number of benzene rings is 3. The second-order valence-corrected chi connectivity index (χ2v) is 19.1. The Morgan fingerprint density at radius 1 is 0.794 bits per heavy atom. The maximum absolute atomic E-state index is 14.1. The van der Waals surface area contributed by atoms with E-state index < -0.39 is 59.7 Å². The predicted molar refractivity (Wildman–Crippen MR) is 253 cm³/mol. The van der Waals surface area contributed by atoms with Crippen LogP contribution in [0.1, 0.15) is 125 Å². The fourth-order valence-corrected chi connectivity index (χ4v) is 10.9. The van der Waals surface area contributed by atoms with E-state index in [2.05, 4.69) is 16.0 Å². The van der Waals surface area contributed by atoms with Crippen LogP contribution in [0.4, 0.5) is 0 Å². The van der Waals surface area contributed by atoms with Crippen molar-refractivity contribution < 1.29 is 33.6 Å². The Morgan fingerprint density at radius 2 is 1.49 bits per heavy atom. The van der Waals surface area contributed by atoms with E-state index in [1.54, 1.807) is 21.4 Å². The van der Waals surface area contributed by atoms with Gasteiger partial charge in [0.15, 0.2) is 0 Å². The summed E-state index contributed by atoms with van der Waals surface area (Å²) in [5, 5.41) is 8.39. The maximum atomic E-state index is 14.1. The van der Waals surface area contributed by atoms with E-state index in [-0.39, 0.29) is 68.1 Å². The minimum absolute atomic E-state index is 0.0384. The number of amides is 7. The number of rotatable bonds is 15. The molecule has 3 aliphatic heterocycles. The number of fused-ring (bicyclic) bond motifs is 2. The van der Waals surface area contributed by atoms with Crippen LogP contribution >= 0.6 is 0 Å². The molecular weight excluding hydrogens is 867 g/mol. The first-order chi connectivity index (χ1) is 32.8. The molecule has 8 rings (SSSR count). The number of carbonyl (C=O) groups is 7. The fourth-order valence-electron chi connectivity index (χ4n) is 10.9. The van der Waals surface area contributed by atoms with E-state index in [9.17, 15) is 38.4 Å². The lowest BCUT2D eigenvalue weighted by atomic mass is 9.77. The first-order valence-electron chi connectivity index (χ1n) is 24.2. The first kappa shape index (κ1) is 47.9. The van der Waals surface area contributed by atoms with Crippen molar-refractivity contribution in [1.29, 1.82) is 0 Å². The number of imidazole rings is 1. The third kappa shape index (κ3) is 10.6. The van der Waals surface area contributed by atoms with Crippen LogP contribution in [0, 0.1) is 5.92 Å². The van der Waals surface area contributed by atoms with E-state index in [0.717, 1.165) is 54.3 Å². The third-order valence-corrected chi connectivity index (χ3v) is 14.7. The van der Waals surface area contributed by atoms with E-state index in [4.69, 9.17) is 11.5 Å². The highest BCUT2D eigenvalue weighted by molar-refractivity contribution is 6.00. The minimum Gasteiger partial charge on any atom is -0.370 e. The monoisotopic (exact) mass is 929 g/mol. The van der Waals surface area contributed by atoms with Gasteiger partial charge in [0.1, 0.15) is 24.2 Å². The molecule has 5 atom stereocenters. The molecule has 1 aromatic heterocycles. The van der Waals surface area contributed by atoms with Gasteiger partial charge in [0, 0.05) is 45.4 Å². The van der Waals surface area contributed by atoms with Gasteiger partial charge in [-0.15, -0.1) is 0 Å². The highest BCUT2D eigenvalue weighted by Gasteiger charge is 2.45. The van der Waals surface area contributed by atoms with Crippen molar-refractivity contribution in [3.8, 4) is 0 Å². The zero-order chi connectivity index (χ0) is 48.1. The van der Waals surface area contributed by atoms with Gasteiger partial charge in [0.25, 0.3) is 0 Å². The highest BCUT2D eigenvalue weighted by atomic mass is 16.2. The normalized spacial score (nSPS) is 23.7. The Bertz CT molecular complexity index is 2550. The SMILES string of the molecule is Cn1c(=O)n(C2CCC(=O)NC2=O)c2ccc([C@H]3CC[C@H](CCC(=O)N4CC[C@H]5CC[C@@H](C(=O)NC(CCCC(N)=O)C(=O)NC(c6ccccc6)c6ccccc6)N5C(=O)[C@@H](N)C4)CC3)cc21. The molecule has 4 aliphatic rings. The molecule has 17 heteroatoms. The summed E-state index contributed by atoms with van der Waals surface area (Å²) >= 11 is 0. The summed E-state index contributed by atoms with van der Waals surface area (Å²) in [7, 11) is 1.70. The summed E-state index contributed by atoms with van der Waals surface area (Å²) in [6.07, 6.45) is 7.14. The molecule has 2 unspecified atom stereocenters. The molecule has 0 radical (unpaired) electrons. The summed E-state index contributed by atoms with van der Waals surface area (Å²) in [5.41, 5.74) is 15.9. The molecule has 3 aromatic carbocycles. The zero-order valence-electron chi connectivity index (χ0n) is 38.6. The average molecular weight is 930 g/mol. The molecule has 4 fully saturated rings. The summed E-state index contributed by atoms with van der Waals surface area (Å²) < 4.78 is 3.06. The lowest BCUT2D eigenvalue weighted by Crippen LogP contribution is -2.60. The van der Waals surface area contributed by atoms with Gasteiger partial charge >= 0.3 is 5.69 Å². The minimum atomic E-state index is -1.03. The zero-order valence-corrected chi connectivity index (χ0v) is 38.6. The van der Waals surface area contributed by atoms with Crippen LogP contribution in [0.3, 0.4) is 0 Å². The van der Waals surface area contributed by atoms with Gasteiger partial charge in [-0.25, -0.2) is 4.79 Å². The number of primary amides is 1. The van der Waals surface area contributed by atoms with Crippen molar-refractivity contribution >= 4 is 52.4 Å². The van der Waals surface area contributed by atoms with Gasteiger partial charge in [-0.1, -0.05) is 66.7 Å². The quantitative estimate of drug-likeness (QED) is 0.110. The molecule has 4 aromatic rings. The molecule has 0 bridgehead atoms. The molecule has 68 heavy (non-hydrogen) atoms. The Labute approximate surface area is 395 Å². The molecule has 7 amide bonds. The van der Waals surface area contributed by atoms with Gasteiger partial charge in [0.2, 0.25) is 41.4 Å². The smallest absolute Gasteiger partial charge is 0.329 e. The molecule has 3 saturated heterocycles. The number of aromatic nitrogens is 2. The van der Waals surface area contributed by atoms with Crippen LogP contribution in [-0.4, -0.2) is 97.5 Å². The fraction of sp³-hybridized carbons (Fsp3) is 0.490. The predicted octanol–water partition coefficient (Wildman–Crippen LogP) is 3.34. The maximum Gasteiger partial charge on any atom is 0.329 e. The second kappa shape index (κ2) is 21.1. The Balaban J connectivity index is 0.847. The van der Waals surface area contributed by atoms with Crippen molar-refractivity contribution in [3.05, 3.63) is 106 Å². The number of hydrogen-bond acceptors (Lipinski definition) is 9. The molecule has 17 nitrogen and oxygen atoms in total. The van der Waals surface area contributed by atoms with Crippen LogP contribution in [-0.2, 0) is 40.6 Å². The Kier molecular flexibility index (Phi) is 14.9. The first-order valence-corrected chi connectivity index (χ1v) is 24.2. The summed E-state index contributed by atoms with van der Waals surface area (Å²) in [6.45, 7) is 0.438. The topological polar surface area (TPSA) is 241 Å². The van der Waals surface area contributed by atoms with Crippen LogP contribution in [0.15, 0.2) is 83.7 Å². The number of imide groups is 1. The number of aryl methyl sites for hydroxylation is 1.